The molecule has 31 heavy (non-hydrogen) atoms. The SMILES string of the molecule is C.CC.CCC1O[C@@H](OC)C(C)[C@@H](C)[C@@H]1CC.CC[C@@H]1C(CO)O[C@@H](OC)C(O)[C@H]1O. The normalized spacial score (nSPS) is 39.9. The number of hydrogen-bond acceptors (Lipinski definition) is 7. The lowest BCUT2D eigenvalue weighted by Crippen LogP contribution is -2.55. The van der Waals surface area contributed by atoms with E-state index in [0.717, 1.165) is 6.42 Å². The molecule has 2 aliphatic heterocycles. The molecule has 0 aromatic carbocycles. The predicted octanol–water partition coefficient (Wildman–Crippen LogP) is 3.83. The zero-order valence-corrected chi connectivity index (χ0v) is 20.6. The van der Waals surface area contributed by atoms with Gasteiger partial charge in [0.25, 0.3) is 0 Å². The van der Waals surface area contributed by atoms with Crippen LogP contribution in [0.2, 0.25) is 0 Å². The van der Waals surface area contributed by atoms with Crippen LogP contribution < -0.4 is 0 Å². The number of hydrogen-bond donors (Lipinski definition) is 3. The Hall–Kier alpha value is -0.280. The third-order valence-electron chi connectivity index (χ3n) is 6.56. The van der Waals surface area contributed by atoms with Crippen LogP contribution in [-0.4, -0.2) is 73.1 Å². The Morgan fingerprint density at radius 1 is 0.710 bits per heavy atom. The van der Waals surface area contributed by atoms with Crippen LogP contribution in [0.4, 0.5) is 0 Å². The summed E-state index contributed by atoms with van der Waals surface area (Å²) in [6.45, 7) is 14.7. The predicted molar refractivity (Wildman–Crippen MR) is 125 cm³/mol. The molecule has 2 saturated heterocycles. The van der Waals surface area contributed by atoms with E-state index in [1.165, 1.54) is 13.5 Å². The second-order valence-electron chi connectivity index (χ2n) is 7.99. The minimum Gasteiger partial charge on any atom is -0.394 e. The van der Waals surface area contributed by atoms with Gasteiger partial charge >= 0.3 is 0 Å². The number of aliphatic hydroxyl groups is 3. The van der Waals surface area contributed by atoms with E-state index < -0.39 is 24.6 Å². The van der Waals surface area contributed by atoms with E-state index in [2.05, 4.69) is 27.7 Å². The van der Waals surface area contributed by atoms with Gasteiger partial charge in [0.1, 0.15) is 6.10 Å². The average Bonchev–Trinajstić information content (AvgIpc) is 2.78. The molecule has 7 heteroatoms. The Morgan fingerprint density at radius 2 is 1.19 bits per heavy atom. The smallest absolute Gasteiger partial charge is 0.186 e. The van der Waals surface area contributed by atoms with Crippen molar-refractivity contribution in [1.29, 1.82) is 0 Å². The average molecular weight is 453 g/mol. The Bertz CT molecular complexity index is 381. The molecular weight excluding hydrogens is 400 g/mol. The first kappa shape index (κ1) is 32.9. The fraction of sp³-hybridized carbons (Fsp3) is 1.00. The van der Waals surface area contributed by atoms with Crippen molar-refractivity contribution in [2.24, 2.45) is 23.7 Å². The fourth-order valence-electron chi connectivity index (χ4n) is 4.54. The second kappa shape index (κ2) is 17.2. The summed E-state index contributed by atoms with van der Waals surface area (Å²) < 4.78 is 21.5. The van der Waals surface area contributed by atoms with Gasteiger partial charge in [-0.1, -0.05) is 62.3 Å². The van der Waals surface area contributed by atoms with Gasteiger partial charge in [0.05, 0.1) is 24.9 Å². The minimum atomic E-state index is -1.05. The molecule has 2 aliphatic rings. The lowest BCUT2D eigenvalue weighted by atomic mass is 9.76. The highest BCUT2D eigenvalue weighted by molar-refractivity contribution is 4.88. The number of methoxy groups -OCH3 is 2. The van der Waals surface area contributed by atoms with Crippen molar-refractivity contribution in [2.45, 2.75) is 112 Å². The van der Waals surface area contributed by atoms with Crippen molar-refractivity contribution in [3.05, 3.63) is 0 Å². The van der Waals surface area contributed by atoms with Crippen LogP contribution in [0.15, 0.2) is 0 Å². The van der Waals surface area contributed by atoms with Crippen molar-refractivity contribution in [2.75, 3.05) is 20.8 Å². The molecule has 2 fully saturated rings. The highest BCUT2D eigenvalue weighted by atomic mass is 16.7. The summed E-state index contributed by atoms with van der Waals surface area (Å²) in [6, 6.07) is 0. The van der Waals surface area contributed by atoms with Gasteiger partial charge in [0, 0.05) is 26.1 Å². The lowest BCUT2D eigenvalue weighted by Gasteiger charge is -2.44. The van der Waals surface area contributed by atoms with Crippen molar-refractivity contribution < 1.29 is 34.3 Å². The maximum atomic E-state index is 9.72. The molecule has 0 amide bonds. The summed E-state index contributed by atoms with van der Waals surface area (Å²) >= 11 is 0. The van der Waals surface area contributed by atoms with Crippen molar-refractivity contribution in [1.82, 2.24) is 0 Å². The van der Waals surface area contributed by atoms with Gasteiger partial charge in [-0.25, -0.2) is 0 Å². The minimum absolute atomic E-state index is 0. The van der Waals surface area contributed by atoms with Crippen LogP contribution in [0.5, 0.6) is 0 Å². The van der Waals surface area contributed by atoms with Crippen LogP contribution in [0.1, 0.15) is 75.2 Å². The monoisotopic (exact) mass is 452 g/mol. The molecule has 0 aromatic heterocycles. The summed E-state index contributed by atoms with van der Waals surface area (Å²) in [5.41, 5.74) is 0. The molecule has 0 saturated carbocycles. The summed E-state index contributed by atoms with van der Waals surface area (Å²) in [7, 11) is 3.13. The molecule has 4 unspecified atom stereocenters. The van der Waals surface area contributed by atoms with Crippen molar-refractivity contribution >= 4 is 0 Å². The standard InChI is InChI=1S/C12H24O2.C9H18O5.C2H6.CH4/c1-6-10-8(3)9(4)12(13-5)14-11(10)7-2;1-3-5-6(4-10)14-9(13-2)8(12)7(5)11;1-2;/h8-12H,6-7H2,1-5H3;5-12H,3-4H2,1-2H3;1-2H3;1H4/t8-,9?,10+,11?,12-;5-,6?,7+,8?,9-;;/m11../s1. The summed E-state index contributed by atoms with van der Waals surface area (Å²) in [4.78, 5) is 0. The van der Waals surface area contributed by atoms with Gasteiger partial charge in [-0.15, -0.1) is 0 Å². The van der Waals surface area contributed by atoms with Crippen LogP contribution in [0.25, 0.3) is 0 Å². The first-order chi connectivity index (χ1) is 14.3. The first-order valence-electron chi connectivity index (χ1n) is 11.6. The molecule has 2 rings (SSSR count). The van der Waals surface area contributed by atoms with Crippen molar-refractivity contribution in [3.63, 3.8) is 0 Å². The molecule has 0 spiro atoms. The largest absolute Gasteiger partial charge is 0.394 e. The highest BCUT2D eigenvalue weighted by Crippen LogP contribution is 2.38. The molecule has 7 nitrogen and oxygen atoms in total. The van der Waals surface area contributed by atoms with Gasteiger partial charge in [0.2, 0.25) is 0 Å². The second-order valence-corrected chi connectivity index (χ2v) is 7.99. The van der Waals surface area contributed by atoms with E-state index in [4.69, 9.17) is 24.1 Å². The molecule has 3 N–H and O–H groups in total. The lowest BCUT2D eigenvalue weighted by molar-refractivity contribution is -0.283. The number of ether oxygens (including phenoxy) is 4. The molecule has 2 heterocycles. The molecular formula is C24H52O7. The van der Waals surface area contributed by atoms with E-state index in [0.29, 0.717) is 30.3 Å². The topological polar surface area (TPSA) is 97.6 Å². The van der Waals surface area contributed by atoms with Crippen molar-refractivity contribution in [3.8, 4) is 0 Å². The van der Waals surface area contributed by atoms with Crippen LogP contribution in [0, 0.1) is 23.7 Å². The van der Waals surface area contributed by atoms with Crippen LogP contribution in [-0.2, 0) is 18.9 Å². The molecule has 190 valence electrons. The van der Waals surface area contributed by atoms with Gasteiger partial charge in [-0.3, -0.25) is 0 Å². The molecule has 0 aliphatic carbocycles. The third kappa shape index (κ3) is 8.54. The zero-order valence-electron chi connectivity index (χ0n) is 20.6. The Kier molecular flexibility index (Phi) is 18.3. The van der Waals surface area contributed by atoms with E-state index in [9.17, 15) is 10.2 Å². The van der Waals surface area contributed by atoms with Crippen LogP contribution in [0.3, 0.4) is 0 Å². The maximum Gasteiger partial charge on any atom is 0.186 e. The summed E-state index contributed by atoms with van der Waals surface area (Å²) in [5.74, 6) is 1.65. The Labute approximate surface area is 191 Å². The quantitative estimate of drug-likeness (QED) is 0.563. The Balaban J connectivity index is 0. The fourth-order valence-corrected chi connectivity index (χ4v) is 4.54. The molecule has 0 bridgehead atoms. The van der Waals surface area contributed by atoms with E-state index in [1.807, 2.05) is 20.8 Å². The third-order valence-corrected chi connectivity index (χ3v) is 6.56. The zero-order chi connectivity index (χ0) is 23.4. The number of aliphatic hydroxyl groups excluding tert-OH is 3. The molecule has 10 atom stereocenters. The highest BCUT2D eigenvalue weighted by Gasteiger charge is 2.43. The Morgan fingerprint density at radius 3 is 1.58 bits per heavy atom. The van der Waals surface area contributed by atoms with Crippen LogP contribution >= 0.6 is 0 Å². The summed E-state index contributed by atoms with van der Waals surface area (Å²) in [6.07, 6.45) is 0.0428. The van der Waals surface area contributed by atoms with E-state index in [-0.39, 0.29) is 26.2 Å². The number of rotatable bonds is 6. The van der Waals surface area contributed by atoms with Gasteiger partial charge in [-0.05, 0) is 24.7 Å². The first-order valence-corrected chi connectivity index (χ1v) is 11.6. The van der Waals surface area contributed by atoms with E-state index >= 15 is 0 Å². The molecule has 0 aromatic rings. The van der Waals surface area contributed by atoms with E-state index in [1.54, 1.807) is 7.11 Å². The van der Waals surface area contributed by atoms with Gasteiger partial charge in [0.15, 0.2) is 12.6 Å². The van der Waals surface area contributed by atoms with Gasteiger partial charge < -0.3 is 34.3 Å². The maximum absolute atomic E-state index is 9.72. The van der Waals surface area contributed by atoms with Gasteiger partial charge in [-0.2, -0.15) is 0 Å². The summed E-state index contributed by atoms with van der Waals surface area (Å²) in [5, 5.41) is 28.3. The molecule has 0 radical (unpaired) electrons.